The zero-order chi connectivity index (χ0) is 23.4. The predicted octanol–water partition coefficient (Wildman–Crippen LogP) is 2.95. The quantitative estimate of drug-likeness (QED) is 0.537. The Bertz CT molecular complexity index is 1290. The second-order valence-electron chi connectivity index (χ2n) is 7.36. The molecule has 0 saturated carbocycles. The van der Waals surface area contributed by atoms with E-state index in [0.717, 1.165) is 4.31 Å². The fourth-order valence-corrected chi connectivity index (χ4v) is 4.52. The number of sulfonamides is 1. The van der Waals surface area contributed by atoms with Crippen LogP contribution in [0, 0.1) is 0 Å². The van der Waals surface area contributed by atoms with Gasteiger partial charge >= 0.3 is 0 Å². The molecule has 0 aromatic heterocycles. The molecule has 1 amide bonds. The molecule has 0 spiro atoms. The van der Waals surface area contributed by atoms with Crippen molar-refractivity contribution in [1.29, 1.82) is 0 Å². The topological polar surface area (TPSA) is 102 Å². The van der Waals surface area contributed by atoms with Gasteiger partial charge in [0, 0.05) is 24.2 Å². The van der Waals surface area contributed by atoms with Crippen LogP contribution in [0.3, 0.4) is 0 Å². The van der Waals surface area contributed by atoms with Gasteiger partial charge in [-0.2, -0.15) is 4.31 Å². The van der Waals surface area contributed by atoms with E-state index in [-0.39, 0.29) is 10.7 Å². The van der Waals surface area contributed by atoms with Crippen molar-refractivity contribution in [1.82, 2.24) is 4.31 Å². The number of hydrogen-bond donors (Lipinski definition) is 1. The molecule has 1 N–H and O–H groups in total. The van der Waals surface area contributed by atoms with Gasteiger partial charge in [-0.15, -0.1) is 0 Å². The van der Waals surface area contributed by atoms with E-state index < -0.39 is 22.5 Å². The SMILES string of the molecule is CN(CC(=O)Nc1ccccc1C(=O)c1ccccc1)S(=O)(=O)c1ccc2c(c1)OCCO2. The first-order valence-corrected chi connectivity index (χ1v) is 11.6. The number of anilines is 1. The molecule has 8 nitrogen and oxygen atoms in total. The number of nitrogens with one attached hydrogen (secondary N) is 1. The lowest BCUT2D eigenvalue weighted by Gasteiger charge is -2.21. The molecule has 1 aliphatic heterocycles. The third kappa shape index (κ3) is 4.89. The largest absolute Gasteiger partial charge is 0.486 e. The lowest BCUT2D eigenvalue weighted by atomic mass is 10.0. The van der Waals surface area contributed by atoms with Crippen LogP contribution in [-0.2, 0) is 14.8 Å². The van der Waals surface area contributed by atoms with Crippen molar-refractivity contribution in [2.45, 2.75) is 4.90 Å². The van der Waals surface area contributed by atoms with Crippen LogP contribution in [0.2, 0.25) is 0 Å². The van der Waals surface area contributed by atoms with Crippen LogP contribution >= 0.6 is 0 Å². The normalized spacial score (nSPS) is 12.9. The van der Waals surface area contributed by atoms with Crippen LogP contribution in [0.25, 0.3) is 0 Å². The minimum absolute atomic E-state index is 0.0123. The lowest BCUT2D eigenvalue weighted by Crippen LogP contribution is -2.35. The first-order valence-electron chi connectivity index (χ1n) is 10.2. The number of nitrogens with zero attached hydrogens (tertiary/aromatic N) is 1. The van der Waals surface area contributed by atoms with Crippen molar-refractivity contribution < 1.29 is 27.5 Å². The van der Waals surface area contributed by atoms with E-state index in [9.17, 15) is 18.0 Å². The van der Waals surface area contributed by atoms with E-state index in [4.69, 9.17) is 9.47 Å². The third-order valence-electron chi connectivity index (χ3n) is 5.07. The molecule has 0 unspecified atom stereocenters. The van der Waals surface area contributed by atoms with Crippen LogP contribution in [0.5, 0.6) is 11.5 Å². The summed E-state index contributed by atoms with van der Waals surface area (Å²) in [6.45, 7) is 0.286. The number of fused-ring (bicyclic) bond motifs is 1. The minimum Gasteiger partial charge on any atom is -0.486 e. The van der Waals surface area contributed by atoms with E-state index in [1.807, 2.05) is 6.07 Å². The summed E-state index contributed by atoms with van der Waals surface area (Å²) in [5, 5.41) is 2.66. The molecule has 0 atom stereocenters. The van der Waals surface area contributed by atoms with E-state index in [1.54, 1.807) is 48.5 Å². The Labute approximate surface area is 191 Å². The maximum Gasteiger partial charge on any atom is 0.243 e. The standard InChI is InChI=1S/C24H22N2O6S/c1-26(33(29,30)18-11-12-21-22(15-18)32-14-13-31-21)16-23(27)25-20-10-6-5-9-19(20)24(28)17-7-3-2-4-8-17/h2-12,15H,13-14,16H2,1H3,(H,25,27). The van der Waals surface area contributed by atoms with Gasteiger partial charge in [-0.25, -0.2) is 8.42 Å². The second-order valence-corrected chi connectivity index (χ2v) is 9.40. The molecule has 3 aromatic carbocycles. The molecule has 0 bridgehead atoms. The van der Waals surface area contributed by atoms with Gasteiger partial charge in [0.25, 0.3) is 0 Å². The smallest absolute Gasteiger partial charge is 0.243 e. The molecule has 9 heteroatoms. The molecule has 1 heterocycles. The molecule has 0 radical (unpaired) electrons. The van der Waals surface area contributed by atoms with Gasteiger partial charge in [0.15, 0.2) is 17.3 Å². The number of carbonyl (C=O) groups is 2. The molecule has 0 aliphatic carbocycles. The molecule has 33 heavy (non-hydrogen) atoms. The van der Waals surface area contributed by atoms with Crippen molar-refractivity contribution in [3.05, 3.63) is 83.9 Å². The van der Waals surface area contributed by atoms with E-state index in [0.29, 0.717) is 41.5 Å². The predicted molar refractivity (Wildman–Crippen MR) is 122 cm³/mol. The summed E-state index contributed by atoms with van der Waals surface area (Å²) in [5.41, 5.74) is 1.10. The summed E-state index contributed by atoms with van der Waals surface area (Å²) in [5.74, 6) is -0.00972. The van der Waals surface area contributed by atoms with Gasteiger partial charge < -0.3 is 14.8 Å². The number of ketones is 1. The van der Waals surface area contributed by atoms with Gasteiger partial charge in [-0.1, -0.05) is 42.5 Å². The highest BCUT2D eigenvalue weighted by atomic mass is 32.2. The summed E-state index contributed by atoms with van der Waals surface area (Å²) in [4.78, 5) is 25.5. The van der Waals surface area contributed by atoms with Crippen LogP contribution in [0.1, 0.15) is 15.9 Å². The fraction of sp³-hybridized carbons (Fsp3) is 0.167. The Morgan fingerprint density at radius 3 is 2.33 bits per heavy atom. The monoisotopic (exact) mass is 466 g/mol. The Kier molecular flexibility index (Phi) is 6.43. The first kappa shape index (κ1) is 22.5. The fourth-order valence-electron chi connectivity index (χ4n) is 3.38. The number of likely N-dealkylation sites (N-methyl/N-ethyl adjacent to an activating group) is 1. The summed E-state index contributed by atoms with van der Waals surface area (Å²) >= 11 is 0. The van der Waals surface area contributed by atoms with Crippen LogP contribution in [-0.4, -0.2) is 51.2 Å². The number of amides is 1. The number of rotatable bonds is 7. The summed E-state index contributed by atoms with van der Waals surface area (Å²) in [6, 6.07) is 19.6. The Morgan fingerprint density at radius 2 is 1.58 bits per heavy atom. The number of benzene rings is 3. The number of carbonyl (C=O) groups excluding carboxylic acids is 2. The van der Waals surface area contributed by atoms with Crippen LogP contribution < -0.4 is 14.8 Å². The molecule has 0 fully saturated rings. The number of hydrogen-bond acceptors (Lipinski definition) is 6. The van der Waals surface area contributed by atoms with E-state index in [2.05, 4.69) is 5.32 Å². The zero-order valence-corrected chi connectivity index (χ0v) is 18.7. The van der Waals surface area contributed by atoms with Gasteiger partial charge in [-0.3, -0.25) is 9.59 Å². The summed E-state index contributed by atoms with van der Waals surface area (Å²) in [6.07, 6.45) is 0. The number of ether oxygens (including phenoxy) is 2. The van der Waals surface area contributed by atoms with E-state index >= 15 is 0 Å². The van der Waals surface area contributed by atoms with Crippen LogP contribution in [0.4, 0.5) is 5.69 Å². The molecule has 1 aliphatic rings. The second kappa shape index (κ2) is 9.43. The van der Waals surface area contributed by atoms with Crippen LogP contribution in [0.15, 0.2) is 77.7 Å². The molecule has 0 saturated heterocycles. The van der Waals surface area contributed by atoms with Gasteiger partial charge in [0.05, 0.1) is 17.1 Å². The van der Waals surface area contributed by atoms with Gasteiger partial charge in [-0.05, 0) is 24.3 Å². The zero-order valence-electron chi connectivity index (χ0n) is 17.9. The van der Waals surface area contributed by atoms with Crippen molar-refractivity contribution >= 4 is 27.4 Å². The molecule has 4 rings (SSSR count). The molecule has 3 aromatic rings. The minimum atomic E-state index is -3.96. The Balaban J connectivity index is 1.49. The van der Waals surface area contributed by atoms with E-state index in [1.165, 1.54) is 25.2 Å². The Hall–Kier alpha value is -3.69. The third-order valence-corrected chi connectivity index (χ3v) is 6.87. The maximum atomic E-state index is 13.0. The highest BCUT2D eigenvalue weighted by Gasteiger charge is 2.26. The summed E-state index contributed by atoms with van der Waals surface area (Å²) in [7, 11) is -2.65. The highest BCUT2D eigenvalue weighted by Crippen LogP contribution is 2.33. The van der Waals surface area contributed by atoms with Crippen molar-refractivity contribution in [3.63, 3.8) is 0 Å². The highest BCUT2D eigenvalue weighted by molar-refractivity contribution is 7.89. The lowest BCUT2D eigenvalue weighted by molar-refractivity contribution is -0.116. The molecular formula is C24H22N2O6S. The van der Waals surface area contributed by atoms with Gasteiger partial charge in [0.2, 0.25) is 15.9 Å². The average Bonchev–Trinajstić information content (AvgIpc) is 2.84. The molecular weight excluding hydrogens is 444 g/mol. The maximum absolute atomic E-state index is 13.0. The Morgan fingerprint density at radius 1 is 0.909 bits per heavy atom. The number of para-hydroxylation sites is 1. The van der Waals surface area contributed by atoms with Crippen molar-refractivity contribution in [3.8, 4) is 11.5 Å². The average molecular weight is 467 g/mol. The summed E-state index contributed by atoms with van der Waals surface area (Å²) < 4.78 is 37.7. The first-order chi connectivity index (χ1) is 15.9. The van der Waals surface area contributed by atoms with Gasteiger partial charge in [0.1, 0.15) is 13.2 Å². The van der Waals surface area contributed by atoms with Crippen molar-refractivity contribution in [2.75, 3.05) is 32.1 Å². The molecule has 170 valence electrons. The van der Waals surface area contributed by atoms with Crippen molar-refractivity contribution in [2.24, 2.45) is 0 Å².